The second kappa shape index (κ2) is 5.02. The van der Waals surface area contributed by atoms with Crippen molar-refractivity contribution in [3.8, 4) is 0 Å². The fourth-order valence-electron chi connectivity index (χ4n) is 0.975. The number of rotatable bonds is 3. The van der Waals surface area contributed by atoms with Crippen molar-refractivity contribution in [2.45, 2.75) is 13.3 Å². The quantitative estimate of drug-likeness (QED) is 0.611. The molecule has 78 valence electrons. The molecule has 1 amide bonds. The summed E-state index contributed by atoms with van der Waals surface area (Å²) in [5, 5.41) is 2.52. The van der Waals surface area contributed by atoms with Gasteiger partial charge in [-0.15, -0.1) is 0 Å². The molecule has 0 fully saturated rings. The monoisotopic (exact) mass is 208 g/mol. The normalized spacial score (nSPS) is 9.20. The summed E-state index contributed by atoms with van der Waals surface area (Å²) in [6.07, 6.45) is 1.56. The molecular formula is C10H9FN2O2. The number of hydrogen-bond acceptors (Lipinski definition) is 3. The Morgan fingerprint density at radius 1 is 1.60 bits per heavy atom. The Balaban J connectivity index is 2.97. The van der Waals surface area contributed by atoms with Crippen LogP contribution in [0.2, 0.25) is 0 Å². The van der Waals surface area contributed by atoms with Crippen molar-refractivity contribution in [2.24, 2.45) is 4.99 Å². The van der Waals surface area contributed by atoms with Crippen molar-refractivity contribution in [1.82, 2.24) is 0 Å². The summed E-state index contributed by atoms with van der Waals surface area (Å²) < 4.78 is 13.0. The van der Waals surface area contributed by atoms with Gasteiger partial charge in [0.25, 0.3) is 0 Å². The van der Waals surface area contributed by atoms with Gasteiger partial charge in [0.05, 0.1) is 0 Å². The van der Waals surface area contributed by atoms with Crippen LogP contribution in [0.5, 0.6) is 0 Å². The smallest absolute Gasteiger partial charge is 0.240 e. The van der Waals surface area contributed by atoms with Gasteiger partial charge in [-0.05, 0) is 18.2 Å². The molecule has 5 heteroatoms. The molecule has 1 N–H and O–H groups in total. The van der Waals surface area contributed by atoms with E-state index in [1.807, 2.05) is 0 Å². The molecule has 0 heterocycles. The number of halogens is 1. The highest BCUT2D eigenvalue weighted by molar-refractivity contribution is 5.90. The van der Waals surface area contributed by atoms with Gasteiger partial charge in [0.15, 0.2) is 0 Å². The van der Waals surface area contributed by atoms with E-state index in [0.717, 1.165) is 6.07 Å². The molecule has 0 atom stereocenters. The molecule has 0 unspecified atom stereocenters. The number of hydrogen-bond donors (Lipinski definition) is 1. The lowest BCUT2D eigenvalue weighted by Crippen LogP contribution is -2.09. The molecule has 0 aliphatic carbocycles. The second-order valence-corrected chi connectivity index (χ2v) is 2.77. The highest BCUT2D eigenvalue weighted by Crippen LogP contribution is 2.21. The van der Waals surface area contributed by atoms with Crippen molar-refractivity contribution in [3.05, 3.63) is 24.0 Å². The van der Waals surface area contributed by atoms with Crippen LogP contribution < -0.4 is 5.32 Å². The highest BCUT2D eigenvalue weighted by atomic mass is 19.1. The van der Waals surface area contributed by atoms with Gasteiger partial charge in [0.1, 0.15) is 11.5 Å². The van der Waals surface area contributed by atoms with Crippen molar-refractivity contribution in [2.75, 3.05) is 5.32 Å². The van der Waals surface area contributed by atoms with Gasteiger partial charge in [-0.2, -0.15) is 4.99 Å². The number of amides is 1. The summed E-state index contributed by atoms with van der Waals surface area (Å²) in [7, 11) is 0. The van der Waals surface area contributed by atoms with Gasteiger partial charge in [-0.1, -0.05) is 6.92 Å². The SMILES string of the molecule is CCC(=O)Nc1ccc(F)c(N=C=O)c1. The maximum absolute atomic E-state index is 13.0. The second-order valence-electron chi connectivity index (χ2n) is 2.77. The number of isocyanates is 1. The zero-order valence-electron chi connectivity index (χ0n) is 8.08. The predicted octanol–water partition coefficient (Wildman–Crippen LogP) is 2.14. The molecule has 0 radical (unpaired) electrons. The van der Waals surface area contributed by atoms with Gasteiger partial charge in [-0.3, -0.25) is 4.79 Å². The molecule has 1 rings (SSSR count). The summed E-state index contributed by atoms with van der Waals surface area (Å²) in [6, 6.07) is 3.79. The molecule has 1 aromatic rings. The van der Waals surface area contributed by atoms with Crippen LogP contribution in [0.1, 0.15) is 13.3 Å². The third-order valence-electron chi connectivity index (χ3n) is 1.72. The van der Waals surface area contributed by atoms with Crippen LogP contribution in [0.25, 0.3) is 0 Å². The lowest BCUT2D eigenvalue weighted by atomic mass is 10.2. The first-order valence-electron chi connectivity index (χ1n) is 4.34. The standard InChI is InChI=1S/C10H9FN2O2/c1-2-10(15)13-7-3-4-8(11)9(5-7)12-6-14/h3-5H,2H2,1H3,(H,13,15). The lowest BCUT2D eigenvalue weighted by Gasteiger charge is -2.03. The van der Waals surface area contributed by atoms with Crippen LogP contribution in [-0.4, -0.2) is 12.0 Å². The third-order valence-corrected chi connectivity index (χ3v) is 1.72. The zero-order valence-corrected chi connectivity index (χ0v) is 8.08. The van der Waals surface area contributed by atoms with E-state index in [1.165, 1.54) is 18.2 Å². The van der Waals surface area contributed by atoms with Crippen LogP contribution in [0.15, 0.2) is 23.2 Å². The molecule has 0 bridgehead atoms. The number of nitrogens with zero attached hydrogens (tertiary/aromatic N) is 1. The summed E-state index contributed by atoms with van der Waals surface area (Å²) >= 11 is 0. The Kier molecular flexibility index (Phi) is 3.71. The zero-order chi connectivity index (χ0) is 11.3. The van der Waals surface area contributed by atoms with Crippen LogP contribution >= 0.6 is 0 Å². The van der Waals surface area contributed by atoms with Gasteiger partial charge >= 0.3 is 0 Å². The molecule has 15 heavy (non-hydrogen) atoms. The topological polar surface area (TPSA) is 58.5 Å². The van der Waals surface area contributed by atoms with E-state index in [1.54, 1.807) is 6.92 Å². The summed E-state index contributed by atoms with van der Waals surface area (Å²) in [6.45, 7) is 1.70. The van der Waals surface area contributed by atoms with E-state index < -0.39 is 5.82 Å². The largest absolute Gasteiger partial charge is 0.326 e. The van der Waals surface area contributed by atoms with Crippen LogP contribution in [0, 0.1) is 5.82 Å². The molecule has 1 aromatic carbocycles. The number of carbonyl (C=O) groups excluding carboxylic acids is 2. The predicted molar refractivity (Wildman–Crippen MR) is 53.1 cm³/mol. The minimum atomic E-state index is -0.632. The Bertz CT molecular complexity index is 425. The average molecular weight is 208 g/mol. The van der Waals surface area contributed by atoms with Gasteiger partial charge in [0.2, 0.25) is 12.0 Å². The number of anilines is 1. The van der Waals surface area contributed by atoms with Crippen molar-refractivity contribution < 1.29 is 14.0 Å². The molecule has 0 spiro atoms. The average Bonchev–Trinajstić information content (AvgIpc) is 2.23. The van der Waals surface area contributed by atoms with Crippen molar-refractivity contribution in [1.29, 1.82) is 0 Å². The minimum Gasteiger partial charge on any atom is -0.326 e. The molecule has 0 aromatic heterocycles. The fraction of sp³-hybridized carbons (Fsp3) is 0.200. The lowest BCUT2D eigenvalue weighted by molar-refractivity contribution is -0.115. The van der Waals surface area contributed by atoms with E-state index in [0.29, 0.717) is 12.1 Å². The fourth-order valence-corrected chi connectivity index (χ4v) is 0.975. The van der Waals surface area contributed by atoms with E-state index >= 15 is 0 Å². The third kappa shape index (κ3) is 3.00. The minimum absolute atomic E-state index is 0.140. The Morgan fingerprint density at radius 3 is 2.93 bits per heavy atom. The first kappa shape index (κ1) is 11.1. The Hall–Kier alpha value is -2.00. The summed E-state index contributed by atoms with van der Waals surface area (Å²) in [5.74, 6) is -0.824. The highest BCUT2D eigenvalue weighted by Gasteiger charge is 2.04. The summed E-state index contributed by atoms with van der Waals surface area (Å²) in [4.78, 5) is 24.2. The maximum Gasteiger partial charge on any atom is 0.240 e. The maximum atomic E-state index is 13.0. The van der Waals surface area contributed by atoms with Crippen molar-refractivity contribution >= 4 is 23.4 Å². The molecule has 0 aliphatic rings. The number of aliphatic imine (C=N–C) groups is 1. The Labute approximate surface area is 85.8 Å². The van der Waals surface area contributed by atoms with Gasteiger partial charge in [0, 0.05) is 12.1 Å². The van der Waals surface area contributed by atoms with E-state index in [9.17, 15) is 14.0 Å². The molecule has 0 aliphatic heterocycles. The molecule has 4 nitrogen and oxygen atoms in total. The molecular weight excluding hydrogens is 199 g/mol. The Morgan fingerprint density at radius 2 is 2.33 bits per heavy atom. The first-order chi connectivity index (χ1) is 7.17. The molecule has 0 saturated carbocycles. The van der Waals surface area contributed by atoms with Crippen LogP contribution in [0.3, 0.4) is 0 Å². The number of carbonyl (C=O) groups is 1. The van der Waals surface area contributed by atoms with Gasteiger partial charge < -0.3 is 5.32 Å². The van der Waals surface area contributed by atoms with E-state index in [-0.39, 0.29) is 11.6 Å². The van der Waals surface area contributed by atoms with Crippen molar-refractivity contribution in [3.63, 3.8) is 0 Å². The van der Waals surface area contributed by atoms with E-state index in [2.05, 4.69) is 10.3 Å². The summed E-state index contributed by atoms with van der Waals surface area (Å²) in [5.41, 5.74) is 0.260. The molecule has 0 saturated heterocycles. The first-order valence-corrected chi connectivity index (χ1v) is 4.34. The van der Waals surface area contributed by atoms with Gasteiger partial charge in [-0.25, -0.2) is 9.18 Å². The number of benzene rings is 1. The number of nitrogens with one attached hydrogen (secondary N) is 1. The van der Waals surface area contributed by atoms with E-state index in [4.69, 9.17) is 0 Å². The van der Waals surface area contributed by atoms with Crippen LogP contribution in [0.4, 0.5) is 15.8 Å². The van der Waals surface area contributed by atoms with Crippen LogP contribution in [-0.2, 0) is 9.59 Å².